The number of amides is 1. The van der Waals surface area contributed by atoms with Crippen LogP contribution in [0.2, 0.25) is 5.02 Å². The summed E-state index contributed by atoms with van der Waals surface area (Å²) in [6, 6.07) is 14.9. The highest BCUT2D eigenvalue weighted by Gasteiger charge is 2.47. The molecule has 1 N–H and O–H groups in total. The second kappa shape index (κ2) is 6.01. The third-order valence-electron chi connectivity index (χ3n) is 4.37. The predicted molar refractivity (Wildman–Crippen MR) is 88.6 cm³/mol. The van der Waals surface area contributed by atoms with Gasteiger partial charge < -0.3 is 10.1 Å². The predicted octanol–water partition coefficient (Wildman–Crippen LogP) is 4.41. The van der Waals surface area contributed by atoms with Crippen LogP contribution >= 0.6 is 11.6 Å². The van der Waals surface area contributed by atoms with E-state index in [9.17, 15) is 4.79 Å². The van der Waals surface area contributed by atoms with E-state index in [0.717, 1.165) is 36.3 Å². The van der Waals surface area contributed by atoms with Gasteiger partial charge in [-0.2, -0.15) is 0 Å². The summed E-state index contributed by atoms with van der Waals surface area (Å²) in [7, 11) is 1.64. The number of nitrogens with one attached hydrogen (secondary N) is 1. The molecule has 0 aliphatic heterocycles. The van der Waals surface area contributed by atoms with Crippen LogP contribution in [0, 0.1) is 0 Å². The highest BCUT2D eigenvalue weighted by Crippen LogP contribution is 2.47. The fourth-order valence-electron chi connectivity index (χ4n) is 2.97. The van der Waals surface area contributed by atoms with Crippen molar-refractivity contribution in [3.8, 4) is 5.75 Å². The van der Waals surface area contributed by atoms with Gasteiger partial charge in [-0.15, -0.1) is 0 Å². The van der Waals surface area contributed by atoms with Gasteiger partial charge in [0.05, 0.1) is 12.5 Å². The highest BCUT2D eigenvalue weighted by atomic mass is 35.5. The molecule has 3 nitrogen and oxygen atoms in total. The molecule has 1 aliphatic rings. The first-order chi connectivity index (χ1) is 10.7. The van der Waals surface area contributed by atoms with Crippen molar-refractivity contribution in [2.75, 3.05) is 12.4 Å². The van der Waals surface area contributed by atoms with Gasteiger partial charge in [-0.1, -0.05) is 36.2 Å². The first-order valence-electron chi connectivity index (χ1n) is 7.36. The molecule has 2 aromatic carbocycles. The molecule has 0 aromatic heterocycles. The van der Waals surface area contributed by atoms with Crippen LogP contribution in [0.3, 0.4) is 0 Å². The molecule has 0 unspecified atom stereocenters. The van der Waals surface area contributed by atoms with Crippen molar-refractivity contribution >= 4 is 23.2 Å². The van der Waals surface area contributed by atoms with E-state index < -0.39 is 5.41 Å². The summed E-state index contributed by atoms with van der Waals surface area (Å²) in [5, 5.41) is 3.66. The number of hydrogen-bond acceptors (Lipinski definition) is 2. The number of hydrogen-bond donors (Lipinski definition) is 1. The van der Waals surface area contributed by atoms with Gasteiger partial charge in [0, 0.05) is 16.3 Å². The fourth-order valence-corrected chi connectivity index (χ4v) is 3.10. The molecule has 1 fully saturated rings. The number of methoxy groups -OCH3 is 1. The lowest BCUT2D eigenvalue weighted by Gasteiger charge is -2.41. The van der Waals surface area contributed by atoms with E-state index in [0.29, 0.717) is 5.02 Å². The zero-order chi connectivity index (χ0) is 15.6. The Morgan fingerprint density at radius 2 is 1.82 bits per heavy atom. The molecule has 22 heavy (non-hydrogen) atoms. The maximum Gasteiger partial charge on any atom is 0.235 e. The minimum Gasteiger partial charge on any atom is -0.496 e. The van der Waals surface area contributed by atoms with E-state index in [4.69, 9.17) is 16.3 Å². The maximum atomic E-state index is 12.9. The van der Waals surface area contributed by atoms with Gasteiger partial charge in [0.2, 0.25) is 5.91 Å². The van der Waals surface area contributed by atoms with Gasteiger partial charge in [-0.05, 0) is 43.2 Å². The van der Waals surface area contributed by atoms with Crippen LogP contribution in [0.5, 0.6) is 5.75 Å². The third kappa shape index (κ3) is 2.57. The fraction of sp³-hybridized carbons (Fsp3) is 0.278. The quantitative estimate of drug-likeness (QED) is 0.907. The van der Waals surface area contributed by atoms with Gasteiger partial charge >= 0.3 is 0 Å². The summed E-state index contributed by atoms with van der Waals surface area (Å²) < 4.78 is 5.45. The molecule has 1 aliphatic carbocycles. The lowest BCUT2D eigenvalue weighted by Crippen LogP contribution is -2.46. The van der Waals surface area contributed by atoms with E-state index in [2.05, 4.69) is 5.32 Å². The molecule has 0 heterocycles. The molecule has 0 spiro atoms. The monoisotopic (exact) mass is 315 g/mol. The van der Waals surface area contributed by atoms with Crippen LogP contribution in [0.15, 0.2) is 48.5 Å². The Kier molecular flexibility index (Phi) is 4.08. The standard InChI is InChI=1S/C18H18ClNO2/c1-22-16-6-3-2-5-15(16)18(11-4-12-18)17(21)20-14-9-7-13(19)8-10-14/h2-3,5-10H,4,11-12H2,1H3,(H,20,21). The minimum absolute atomic E-state index is 0.0190. The Morgan fingerprint density at radius 3 is 2.41 bits per heavy atom. The van der Waals surface area contributed by atoms with Gasteiger partial charge in [-0.3, -0.25) is 4.79 Å². The van der Waals surface area contributed by atoms with Crippen molar-refractivity contribution in [3.63, 3.8) is 0 Å². The summed E-state index contributed by atoms with van der Waals surface area (Å²) in [4.78, 5) is 12.9. The first kappa shape index (κ1) is 14.9. The van der Waals surface area contributed by atoms with Crippen molar-refractivity contribution in [2.45, 2.75) is 24.7 Å². The van der Waals surface area contributed by atoms with Crippen molar-refractivity contribution < 1.29 is 9.53 Å². The summed E-state index contributed by atoms with van der Waals surface area (Å²) in [5.74, 6) is 0.791. The van der Waals surface area contributed by atoms with Crippen LogP contribution in [0.25, 0.3) is 0 Å². The van der Waals surface area contributed by atoms with E-state index in [1.54, 1.807) is 19.2 Å². The molecule has 0 atom stereocenters. The van der Waals surface area contributed by atoms with Crippen LogP contribution in [0.1, 0.15) is 24.8 Å². The number of para-hydroxylation sites is 1. The summed E-state index contributed by atoms with van der Waals surface area (Å²) in [5.41, 5.74) is 1.23. The number of benzene rings is 2. The summed E-state index contributed by atoms with van der Waals surface area (Å²) in [6.07, 6.45) is 2.73. The average Bonchev–Trinajstić information content (AvgIpc) is 2.49. The van der Waals surface area contributed by atoms with Gasteiger partial charge in [0.1, 0.15) is 5.75 Å². The van der Waals surface area contributed by atoms with Crippen molar-refractivity contribution in [1.82, 2.24) is 0 Å². The largest absolute Gasteiger partial charge is 0.496 e. The molecule has 0 radical (unpaired) electrons. The van der Waals surface area contributed by atoms with Crippen LogP contribution < -0.4 is 10.1 Å². The number of rotatable bonds is 4. The zero-order valence-corrected chi connectivity index (χ0v) is 13.2. The molecular formula is C18H18ClNO2. The second-order valence-electron chi connectivity index (χ2n) is 5.60. The van der Waals surface area contributed by atoms with E-state index >= 15 is 0 Å². The van der Waals surface area contributed by atoms with Crippen molar-refractivity contribution in [2.24, 2.45) is 0 Å². The number of carbonyl (C=O) groups is 1. The minimum atomic E-state index is -0.494. The summed E-state index contributed by atoms with van der Waals surface area (Å²) >= 11 is 5.88. The van der Waals surface area contributed by atoms with Crippen LogP contribution in [-0.4, -0.2) is 13.0 Å². The van der Waals surface area contributed by atoms with Crippen molar-refractivity contribution in [1.29, 1.82) is 0 Å². The smallest absolute Gasteiger partial charge is 0.235 e. The number of anilines is 1. The average molecular weight is 316 g/mol. The third-order valence-corrected chi connectivity index (χ3v) is 4.62. The van der Waals surface area contributed by atoms with Gasteiger partial charge in [-0.25, -0.2) is 0 Å². The molecule has 4 heteroatoms. The molecule has 2 aromatic rings. The first-order valence-corrected chi connectivity index (χ1v) is 7.74. The molecule has 114 valence electrons. The highest BCUT2D eigenvalue weighted by molar-refractivity contribution is 6.30. The van der Waals surface area contributed by atoms with Crippen molar-refractivity contribution in [3.05, 3.63) is 59.1 Å². The Labute approximate surface area is 135 Å². The van der Waals surface area contributed by atoms with Crippen LogP contribution in [0.4, 0.5) is 5.69 Å². The Bertz CT molecular complexity index is 678. The molecular weight excluding hydrogens is 298 g/mol. The summed E-state index contributed by atoms with van der Waals surface area (Å²) in [6.45, 7) is 0. The van der Waals surface area contributed by atoms with E-state index in [-0.39, 0.29) is 5.91 Å². The van der Waals surface area contributed by atoms with E-state index in [1.165, 1.54) is 0 Å². The number of carbonyl (C=O) groups excluding carboxylic acids is 1. The normalized spacial score (nSPS) is 15.7. The molecule has 0 bridgehead atoms. The van der Waals surface area contributed by atoms with Crippen LogP contribution in [-0.2, 0) is 10.2 Å². The van der Waals surface area contributed by atoms with E-state index in [1.807, 2.05) is 36.4 Å². The lowest BCUT2D eigenvalue weighted by atomic mass is 9.63. The molecule has 1 saturated carbocycles. The Morgan fingerprint density at radius 1 is 1.14 bits per heavy atom. The molecule has 0 saturated heterocycles. The molecule has 3 rings (SSSR count). The number of ether oxygens (including phenoxy) is 1. The van der Waals surface area contributed by atoms with Gasteiger partial charge in [0.25, 0.3) is 0 Å². The topological polar surface area (TPSA) is 38.3 Å². The second-order valence-corrected chi connectivity index (χ2v) is 6.03. The Hall–Kier alpha value is -2.00. The zero-order valence-electron chi connectivity index (χ0n) is 12.4. The lowest BCUT2D eigenvalue weighted by molar-refractivity contribution is -0.124. The molecule has 1 amide bonds. The maximum absolute atomic E-state index is 12.9. The van der Waals surface area contributed by atoms with Gasteiger partial charge in [0.15, 0.2) is 0 Å². The Balaban J connectivity index is 1.89. The SMILES string of the molecule is COc1ccccc1C1(C(=O)Nc2ccc(Cl)cc2)CCC1. The number of halogens is 1.